The van der Waals surface area contributed by atoms with E-state index in [0.29, 0.717) is 12.8 Å². The molecule has 0 saturated carbocycles. The highest BCUT2D eigenvalue weighted by atomic mass is 16.6. The summed E-state index contributed by atoms with van der Waals surface area (Å²) in [6.07, 6.45) is 27.0. The zero-order chi connectivity index (χ0) is 27.9. The van der Waals surface area contributed by atoms with Gasteiger partial charge in [-0.3, -0.25) is 9.59 Å². The first kappa shape index (κ1) is 36.2. The molecule has 0 aromatic carbocycles. The second-order valence-electron chi connectivity index (χ2n) is 10.8. The fourth-order valence-corrected chi connectivity index (χ4v) is 4.62. The lowest BCUT2D eigenvalue weighted by atomic mass is 10.1. The summed E-state index contributed by atoms with van der Waals surface area (Å²) in [6.45, 7) is 4.41. The number of hydrogen-bond donors (Lipinski definition) is 0. The molecule has 0 bridgehead atoms. The van der Waals surface area contributed by atoms with Gasteiger partial charge in [-0.05, 0) is 18.4 Å². The van der Waals surface area contributed by atoms with Gasteiger partial charge in [-0.1, -0.05) is 147 Å². The predicted molar refractivity (Wildman–Crippen MR) is 157 cm³/mol. The Morgan fingerprint density at radius 1 is 0.605 bits per heavy atom. The summed E-state index contributed by atoms with van der Waals surface area (Å²) < 4.78 is 10.7. The van der Waals surface area contributed by atoms with Gasteiger partial charge in [-0.25, -0.2) is 0 Å². The van der Waals surface area contributed by atoms with Crippen LogP contribution in [0, 0.1) is 0 Å². The molecule has 0 saturated heterocycles. The van der Waals surface area contributed by atoms with Crippen molar-refractivity contribution in [3.8, 4) is 0 Å². The zero-order valence-corrected chi connectivity index (χ0v) is 24.9. The highest BCUT2D eigenvalue weighted by Crippen LogP contribution is 2.14. The molecule has 0 aliphatic rings. The SMILES string of the molecule is CCCCCCCCCCCCCC(=O)OCC(CN=[N+]=[N-])OC(=O)CCCCCCCCCCCCC. The fraction of sp³-hybridized carbons (Fsp3) is 0.935. The molecule has 0 heterocycles. The van der Waals surface area contributed by atoms with Gasteiger partial charge in [0.1, 0.15) is 12.7 Å². The molecular weight excluding hydrogens is 478 g/mol. The standard InChI is InChI=1S/C31H59N3O4/c1-3-5-7-9-11-13-15-17-19-21-23-25-30(35)37-28-29(27-33-34-32)38-31(36)26-24-22-20-18-16-14-12-10-8-6-4-2/h29H,3-28H2,1-2H3. The maximum absolute atomic E-state index is 12.2. The number of nitrogens with zero attached hydrogens (tertiary/aromatic N) is 3. The van der Waals surface area contributed by atoms with Gasteiger partial charge in [0.25, 0.3) is 0 Å². The lowest BCUT2D eigenvalue weighted by Gasteiger charge is -2.16. The number of esters is 2. The van der Waals surface area contributed by atoms with Crippen molar-refractivity contribution >= 4 is 11.9 Å². The average molecular weight is 538 g/mol. The maximum atomic E-state index is 12.2. The molecule has 0 N–H and O–H groups in total. The van der Waals surface area contributed by atoms with E-state index in [2.05, 4.69) is 23.9 Å². The van der Waals surface area contributed by atoms with E-state index in [9.17, 15) is 9.59 Å². The van der Waals surface area contributed by atoms with Gasteiger partial charge in [-0.15, -0.1) is 0 Å². The predicted octanol–water partition coefficient (Wildman–Crippen LogP) is 10.2. The number of carbonyl (C=O) groups excluding carboxylic acids is 2. The molecule has 0 aliphatic heterocycles. The van der Waals surface area contributed by atoms with Crippen LogP contribution < -0.4 is 0 Å². The summed E-state index contributed by atoms with van der Waals surface area (Å²) in [5.74, 6) is -0.603. The smallest absolute Gasteiger partial charge is 0.306 e. The van der Waals surface area contributed by atoms with Gasteiger partial charge >= 0.3 is 11.9 Å². The third kappa shape index (κ3) is 27.3. The summed E-state index contributed by atoms with van der Waals surface area (Å²) in [5.41, 5.74) is 8.62. The van der Waals surface area contributed by atoms with E-state index < -0.39 is 6.10 Å². The average Bonchev–Trinajstić information content (AvgIpc) is 2.91. The van der Waals surface area contributed by atoms with Crippen LogP contribution in [0.15, 0.2) is 5.11 Å². The second-order valence-corrected chi connectivity index (χ2v) is 10.8. The molecule has 0 fully saturated rings. The Hall–Kier alpha value is -1.75. The molecule has 7 heteroatoms. The molecule has 0 amide bonds. The summed E-state index contributed by atoms with van der Waals surface area (Å²) in [6, 6.07) is 0. The third-order valence-corrected chi connectivity index (χ3v) is 7.05. The van der Waals surface area contributed by atoms with E-state index in [1.165, 1.54) is 103 Å². The van der Waals surface area contributed by atoms with Crippen LogP contribution in [0.25, 0.3) is 10.4 Å². The van der Waals surface area contributed by atoms with Crippen LogP contribution in [-0.4, -0.2) is 31.2 Å². The Labute approximate surface area is 233 Å². The van der Waals surface area contributed by atoms with E-state index in [0.717, 1.165) is 38.5 Å². The lowest BCUT2D eigenvalue weighted by molar-refractivity contribution is -0.158. The van der Waals surface area contributed by atoms with Crippen LogP contribution in [0.2, 0.25) is 0 Å². The molecular formula is C31H59N3O4. The van der Waals surface area contributed by atoms with E-state index in [1.54, 1.807) is 0 Å². The minimum Gasteiger partial charge on any atom is -0.462 e. The molecule has 0 spiro atoms. The first-order valence-corrected chi connectivity index (χ1v) is 16.0. The molecule has 0 aromatic rings. The summed E-state index contributed by atoms with van der Waals surface area (Å²) in [7, 11) is 0. The van der Waals surface area contributed by atoms with Crippen LogP contribution in [0.5, 0.6) is 0 Å². The van der Waals surface area contributed by atoms with Gasteiger partial charge in [0, 0.05) is 17.8 Å². The van der Waals surface area contributed by atoms with E-state index in [-0.39, 0.29) is 25.1 Å². The third-order valence-electron chi connectivity index (χ3n) is 7.05. The topological polar surface area (TPSA) is 101 Å². The molecule has 1 unspecified atom stereocenters. The van der Waals surface area contributed by atoms with Crippen LogP contribution >= 0.6 is 0 Å². The highest BCUT2D eigenvalue weighted by molar-refractivity contribution is 5.70. The van der Waals surface area contributed by atoms with E-state index in [4.69, 9.17) is 15.0 Å². The van der Waals surface area contributed by atoms with Crippen molar-refractivity contribution < 1.29 is 19.1 Å². The Morgan fingerprint density at radius 2 is 0.974 bits per heavy atom. The molecule has 0 radical (unpaired) electrons. The number of rotatable bonds is 29. The van der Waals surface area contributed by atoms with Gasteiger partial charge in [0.2, 0.25) is 0 Å². The van der Waals surface area contributed by atoms with Crippen molar-refractivity contribution in [2.24, 2.45) is 5.11 Å². The Morgan fingerprint density at radius 3 is 1.37 bits per heavy atom. The summed E-state index contributed by atoms with van der Waals surface area (Å²) in [5, 5.41) is 3.51. The molecule has 222 valence electrons. The Bertz CT molecular complexity index is 594. The minimum absolute atomic E-state index is 0.0216. The molecule has 0 aliphatic carbocycles. The van der Waals surface area contributed by atoms with E-state index in [1.807, 2.05) is 0 Å². The van der Waals surface area contributed by atoms with Gasteiger partial charge < -0.3 is 9.47 Å². The molecule has 0 aromatic heterocycles. The number of carbonyl (C=O) groups is 2. The first-order chi connectivity index (χ1) is 18.6. The molecule has 0 rings (SSSR count). The number of hydrogen-bond acceptors (Lipinski definition) is 5. The van der Waals surface area contributed by atoms with Crippen molar-refractivity contribution in [3.05, 3.63) is 10.4 Å². The molecule has 38 heavy (non-hydrogen) atoms. The maximum Gasteiger partial charge on any atom is 0.306 e. The van der Waals surface area contributed by atoms with Gasteiger partial charge in [0.15, 0.2) is 0 Å². The minimum atomic E-state index is -0.715. The van der Waals surface area contributed by atoms with Crippen molar-refractivity contribution in [1.29, 1.82) is 0 Å². The monoisotopic (exact) mass is 537 g/mol. The number of azide groups is 1. The Kier molecular flexibility index (Phi) is 28.4. The fourth-order valence-electron chi connectivity index (χ4n) is 4.62. The van der Waals surface area contributed by atoms with Crippen LogP contribution in [0.4, 0.5) is 0 Å². The van der Waals surface area contributed by atoms with Gasteiger partial charge in [0.05, 0.1) is 6.54 Å². The second kappa shape index (κ2) is 29.8. The summed E-state index contributed by atoms with van der Waals surface area (Å²) in [4.78, 5) is 27.0. The zero-order valence-electron chi connectivity index (χ0n) is 24.9. The van der Waals surface area contributed by atoms with Crippen LogP contribution in [0.1, 0.15) is 168 Å². The lowest BCUT2D eigenvalue weighted by Crippen LogP contribution is -2.27. The van der Waals surface area contributed by atoms with E-state index >= 15 is 0 Å². The van der Waals surface area contributed by atoms with Crippen molar-refractivity contribution in [3.63, 3.8) is 0 Å². The molecule has 7 nitrogen and oxygen atoms in total. The van der Waals surface area contributed by atoms with Crippen molar-refractivity contribution in [2.75, 3.05) is 13.2 Å². The molecule has 1 atom stereocenters. The summed E-state index contributed by atoms with van der Waals surface area (Å²) >= 11 is 0. The van der Waals surface area contributed by atoms with Crippen LogP contribution in [-0.2, 0) is 19.1 Å². The normalized spacial score (nSPS) is 11.6. The first-order valence-electron chi connectivity index (χ1n) is 16.0. The van der Waals surface area contributed by atoms with Gasteiger partial charge in [-0.2, -0.15) is 0 Å². The number of ether oxygens (including phenoxy) is 2. The largest absolute Gasteiger partial charge is 0.462 e. The number of unbranched alkanes of at least 4 members (excludes halogenated alkanes) is 20. The van der Waals surface area contributed by atoms with Crippen LogP contribution in [0.3, 0.4) is 0 Å². The van der Waals surface area contributed by atoms with Crippen molar-refractivity contribution in [2.45, 2.75) is 174 Å². The highest BCUT2D eigenvalue weighted by Gasteiger charge is 2.16. The Balaban J connectivity index is 3.81. The van der Waals surface area contributed by atoms with Crippen molar-refractivity contribution in [1.82, 2.24) is 0 Å². The quantitative estimate of drug-likeness (QED) is 0.0311.